The summed E-state index contributed by atoms with van der Waals surface area (Å²) in [7, 11) is 0. The summed E-state index contributed by atoms with van der Waals surface area (Å²) in [4.78, 5) is 35.8. The van der Waals surface area contributed by atoms with Crippen molar-refractivity contribution < 1.29 is 14.4 Å². The summed E-state index contributed by atoms with van der Waals surface area (Å²) in [5, 5.41) is 5.31. The van der Waals surface area contributed by atoms with Crippen LogP contribution in [0.15, 0.2) is 28.7 Å². The number of imide groups is 1. The molecule has 0 aliphatic carbocycles. The molecule has 0 spiro atoms. The van der Waals surface area contributed by atoms with Gasteiger partial charge in [-0.05, 0) is 28.1 Å². The van der Waals surface area contributed by atoms with Crippen LogP contribution in [0.3, 0.4) is 0 Å². The van der Waals surface area contributed by atoms with Crippen LogP contribution in [0.25, 0.3) is 0 Å². The Balaban J connectivity index is 1.99. The van der Waals surface area contributed by atoms with E-state index in [-0.39, 0.29) is 19.6 Å². The topological polar surface area (TPSA) is 78.5 Å². The monoisotopic (exact) mass is 325 g/mol. The summed E-state index contributed by atoms with van der Waals surface area (Å²) < 4.78 is 0.737. The number of hydrogen-bond donors (Lipinski definition) is 2. The van der Waals surface area contributed by atoms with Crippen LogP contribution in [0.4, 0.5) is 5.69 Å². The molecule has 1 fully saturated rings. The highest BCUT2D eigenvalue weighted by Gasteiger charge is 2.27. The van der Waals surface area contributed by atoms with Crippen molar-refractivity contribution in [2.75, 3.05) is 25.0 Å². The van der Waals surface area contributed by atoms with Gasteiger partial charge in [0, 0.05) is 4.47 Å². The summed E-state index contributed by atoms with van der Waals surface area (Å²) in [6, 6.07) is 7.12. The Morgan fingerprint density at radius 2 is 1.89 bits per heavy atom. The number of nitrogens with one attached hydrogen (secondary N) is 2. The average Bonchev–Trinajstić information content (AvgIpc) is 2.37. The molecule has 2 rings (SSSR count). The summed E-state index contributed by atoms with van der Waals surface area (Å²) >= 11 is 3.30. The lowest BCUT2D eigenvalue weighted by Crippen LogP contribution is -2.54. The largest absolute Gasteiger partial charge is 0.324 e. The van der Waals surface area contributed by atoms with Crippen LogP contribution in [-0.2, 0) is 14.4 Å². The molecule has 0 radical (unpaired) electrons. The predicted octanol–water partition coefficient (Wildman–Crippen LogP) is 0.346. The zero-order chi connectivity index (χ0) is 13.8. The third-order valence-electron chi connectivity index (χ3n) is 2.60. The van der Waals surface area contributed by atoms with Crippen molar-refractivity contribution in [2.45, 2.75) is 0 Å². The van der Waals surface area contributed by atoms with Crippen LogP contribution >= 0.6 is 15.9 Å². The molecule has 0 atom stereocenters. The second-order valence-corrected chi connectivity index (χ2v) is 4.86. The molecule has 0 saturated carbocycles. The molecule has 1 aromatic carbocycles. The van der Waals surface area contributed by atoms with Crippen molar-refractivity contribution in [3.05, 3.63) is 28.7 Å². The van der Waals surface area contributed by atoms with Gasteiger partial charge < -0.3 is 5.32 Å². The van der Waals surface area contributed by atoms with Crippen molar-refractivity contribution in [3.8, 4) is 0 Å². The highest BCUT2D eigenvalue weighted by atomic mass is 79.9. The van der Waals surface area contributed by atoms with Crippen LogP contribution in [0, 0.1) is 0 Å². The van der Waals surface area contributed by atoms with Crippen molar-refractivity contribution in [1.82, 2.24) is 10.2 Å². The summed E-state index contributed by atoms with van der Waals surface area (Å²) in [6.45, 7) is -0.108. The van der Waals surface area contributed by atoms with Crippen LogP contribution < -0.4 is 10.6 Å². The van der Waals surface area contributed by atoms with E-state index in [0.29, 0.717) is 5.69 Å². The fourth-order valence-electron chi connectivity index (χ4n) is 1.68. The number of hydrogen-bond acceptors (Lipinski definition) is 4. The zero-order valence-electron chi connectivity index (χ0n) is 9.98. The third kappa shape index (κ3) is 3.39. The second-order valence-electron chi connectivity index (χ2n) is 4.01. The number of rotatable bonds is 3. The van der Waals surface area contributed by atoms with Crippen LogP contribution in [-0.4, -0.2) is 42.3 Å². The van der Waals surface area contributed by atoms with Gasteiger partial charge in [-0.1, -0.05) is 12.1 Å². The number of nitrogens with zero attached hydrogens (tertiary/aromatic N) is 1. The SMILES string of the molecule is O=C(CN1C(=O)CNCC1=O)Nc1ccccc1Br. The quantitative estimate of drug-likeness (QED) is 0.786. The van der Waals surface area contributed by atoms with Gasteiger partial charge in [-0.15, -0.1) is 0 Å². The van der Waals surface area contributed by atoms with Gasteiger partial charge >= 0.3 is 0 Å². The van der Waals surface area contributed by atoms with E-state index in [4.69, 9.17) is 0 Å². The number of halogens is 1. The minimum absolute atomic E-state index is 0.0774. The number of piperazine rings is 1. The fourth-order valence-corrected chi connectivity index (χ4v) is 2.06. The Morgan fingerprint density at radius 1 is 1.26 bits per heavy atom. The van der Waals surface area contributed by atoms with E-state index in [9.17, 15) is 14.4 Å². The molecule has 6 nitrogen and oxygen atoms in total. The molecule has 0 aromatic heterocycles. The van der Waals surface area contributed by atoms with Gasteiger partial charge in [0.25, 0.3) is 0 Å². The van der Waals surface area contributed by atoms with Crippen LogP contribution in [0.5, 0.6) is 0 Å². The molecule has 1 aliphatic heterocycles. The first-order valence-electron chi connectivity index (χ1n) is 5.66. The maximum atomic E-state index is 11.8. The molecule has 100 valence electrons. The Bertz CT molecular complexity index is 517. The Morgan fingerprint density at radius 3 is 2.53 bits per heavy atom. The lowest BCUT2D eigenvalue weighted by atomic mass is 10.3. The zero-order valence-corrected chi connectivity index (χ0v) is 11.6. The second kappa shape index (κ2) is 5.94. The molecule has 1 aromatic rings. The molecular formula is C12H12BrN3O3. The molecule has 2 N–H and O–H groups in total. The van der Waals surface area contributed by atoms with Gasteiger partial charge in [-0.3, -0.25) is 24.6 Å². The highest BCUT2D eigenvalue weighted by molar-refractivity contribution is 9.10. The van der Waals surface area contributed by atoms with Crippen molar-refractivity contribution in [1.29, 1.82) is 0 Å². The van der Waals surface area contributed by atoms with Crippen LogP contribution in [0.2, 0.25) is 0 Å². The number of carbonyl (C=O) groups excluding carboxylic acids is 3. The van der Waals surface area contributed by atoms with E-state index in [1.807, 2.05) is 6.07 Å². The van der Waals surface area contributed by atoms with Gasteiger partial charge in [-0.25, -0.2) is 0 Å². The van der Waals surface area contributed by atoms with E-state index in [2.05, 4.69) is 26.6 Å². The van der Waals surface area contributed by atoms with E-state index in [1.54, 1.807) is 18.2 Å². The number of para-hydroxylation sites is 1. The van der Waals surface area contributed by atoms with Gasteiger partial charge in [0.15, 0.2) is 0 Å². The molecule has 1 aliphatic rings. The molecule has 0 bridgehead atoms. The predicted molar refractivity (Wildman–Crippen MR) is 72.4 cm³/mol. The summed E-state index contributed by atoms with van der Waals surface area (Å²) in [5.74, 6) is -1.19. The molecular weight excluding hydrogens is 314 g/mol. The van der Waals surface area contributed by atoms with E-state index >= 15 is 0 Å². The van der Waals surface area contributed by atoms with Crippen molar-refractivity contribution >= 4 is 39.3 Å². The first kappa shape index (κ1) is 13.7. The molecule has 0 unspecified atom stereocenters. The summed E-state index contributed by atoms with van der Waals surface area (Å²) in [6.07, 6.45) is 0. The third-order valence-corrected chi connectivity index (χ3v) is 3.30. The maximum Gasteiger partial charge on any atom is 0.244 e. The Kier molecular flexibility index (Phi) is 4.28. The Hall–Kier alpha value is -1.73. The van der Waals surface area contributed by atoms with Gasteiger partial charge in [-0.2, -0.15) is 0 Å². The Labute approximate surface area is 118 Å². The van der Waals surface area contributed by atoms with Gasteiger partial charge in [0.1, 0.15) is 6.54 Å². The van der Waals surface area contributed by atoms with E-state index in [1.165, 1.54) is 0 Å². The molecule has 1 heterocycles. The molecule has 7 heteroatoms. The first-order valence-corrected chi connectivity index (χ1v) is 6.45. The minimum Gasteiger partial charge on any atom is -0.324 e. The lowest BCUT2D eigenvalue weighted by molar-refractivity contribution is -0.148. The summed E-state index contributed by atoms with van der Waals surface area (Å²) in [5.41, 5.74) is 0.600. The smallest absolute Gasteiger partial charge is 0.244 e. The van der Waals surface area contributed by atoms with Gasteiger partial charge in [0.2, 0.25) is 17.7 Å². The fraction of sp³-hybridized carbons (Fsp3) is 0.250. The highest BCUT2D eigenvalue weighted by Crippen LogP contribution is 2.21. The molecule has 1 saturated heterocycles. The minimum atomic E-state index is -0.407. The van der Waals surface area contributed by atoms with E-state index in [0.717, 1.165) is 9.37 Å². The maximum absolute atomic E-state index is 11.8. The lowest BCUT2D eigenvalue weighted by Gasteiger charge is -2.24. The van der Waals surface area contributed by atoms with Crippen LogP contribution in [0.1, 0.15) is 0 Å². The number of amides is 3. The average molecular weight is 326 g/mol. The van der Waals surface area contributed by atoms with Crippen molar-refractivity contribution in [3.63, 3.8) is 0 Å². The van der Waals surface area contributed by atoms with Gasteiger partial charge in [0.05, 0.1) is 18.8 Å². The van der Waals surface area contributed by atoms with Crippen molar-refractivity contribution in [2.24, 2.45) is 0 Å². The molecule has 19 heavy (non-hydrogen) atoms. The first-order chi connectivity index (χ1) is 9.08. The number of anilines is 1. The number of carbonyl (C=O) groups is 3. The number of benzene rings is 1. The standard InChI is InChI=1S/C12H12BrN3O3/c13-8-3-1-2-4-9(8)15-10(17)7-16-11(18)5-14-6-12(16)19/h1-4,14H,5-7H2,(H,15,17). The normalized spacial score (nSPS) is 15.5. The van der Waals surface area contributed by atoms with E-state index < -0.39 is 17.7 Å². The molecule has 3 amide bonds.